The Labute approximate surface area is 157 Å². The van der Waals surface area contributed by atoms with E-state index in [9.17, 15) is 4.79 Å². The molecular weight excluding hydrogens is 350 g/mol. The minimum Gasteiger partial charge on any atom is -0.378 e. The first-order chi connectivity index (χ1) is 12.8. The first kappa shape index (κ1) is 18.5. The van der Waals surface area contributed by atoms with Crippen LogP contribution in [0.2, 0.25) is 0 Å². The molecule has 1 aromatic heterocycles. The standard InChI is InChI=1S/C18H23N5O2S/c1-26-15-4-2-14(3-5-15)18(24)20-7-6-19-16-12-17(22-13-21-16)23-8-10-25-11-9-23/h2-5,12-13H,6-11H2,1H3,(H,20,24)(H,19,21,22). The quantitative estimate of drug-likeness (QED) is 0.567. The molecule has 1 aromatic carbocycles. The van der Waals surface area contributed by atoms with Gasteiger partial charge in [-0.15, -0.1) is 11.8 Å². The van der Waals surface area contributed by atoms with Crippen molar-refractivity contribution < 1.29 is 9.53 Å². The maximum atomic E-state index is 12.1. The predicted octanol–water partition coefficient (Wildman–Crippen LogP) is 1.88. The van der Waals surface area contributed by atoms with Crippen LogP contribution >= 0.6 is 11.8 Å². The van der Waals surface area contributed by atoms with Crippen molar-refractivity contribution in [3.8, 4) is 0 Å². The number of ether oxygens (including phenoxy) is 1. The Balaban J connectivity index is 1.45. The molecule has 7 nitrogen and oxygen atoms in total. The van der Waals surface area contributed by atoms with Crippen LogP contribution in [0.4, 0.5) is 11.6 Å². The number of nitrogens with one attached hydrogen (secondary N) is 2. The van der Waals surface area contributed by atoms with Gasteiger partial charge in [-0.2, -0.15) is 0 Å². The van der Waals surface area contributed by atoms with Crippen LogP contribution in [0.25, 0.3) is 0 Å². The summed E-state index contributed by atoms with van der Waals surface area (Å²) in [7, 11) is 0. The third-order valence-electron chi connectivity index (χ3n) is 4.06. The zero-order valence-corrected chi connectivity index (χ0v) is 15.6. The summed E-state index contributed by atoms with van der Waals surface area (Å²) in [5.41, 5.74) is 0.666. The van der Waals surface area contributed by atoms with Gasteiger partial charge in [0.1, 0.15) is 18.0 Å². The summed E-state index contributed by atoms with van der Waals surface area (Å²) in [4.78, 5) is 24.0. The maximum absolute atomic E-state index is 12.1. The number of rotatable bonds is 7. The molecule has 2 heterocycles. The fraction of sp³-hybridized carbons (Fsp3) is 0.389. The molecule has 138 valence electrons. The monoisotopic (exact) mass is 373 g/mol. The van der Waals surface area contributed by atoms with Crippen molar-refractivity contribution in [3.63, 3.8) is 0 Å². The van der Waals surface area contributed by atoms with Gasteiger partial charge in [-0.25, -0.2) is 9.97 Å². The van der Waals surface area contributed by atoms with E-state index in [-0.39, 0.29) is 5.91 Å². The van der Waals surface area contributed by atoms with Crippen molar-refractivity contribution >= 4 is 29.3 Å². The van der Waals surface area contributed by atoms with Gasteiger partial charge in [-0.05, 0) is 30.5 Å². The van der Waals surface area contributed by atoms with E-state index in [0.29, 0.717) is 18.7 Å². The van der Waals surface area contributed by atoms with Crippen LogP contribution in [0.1, 0.15) is 10.4 Å². The van der Waals surface area contributed by atoms with Gasteiger partial charge in [0.2, 0.25) is 0 Å². The molecule has 2 aromatic rings. The first-order valence-electron chi connectivity index (χ1n) is 8.57. The van der Waals surface area contributed by atoms with E-state index in [0.717, 1.165) is 42.8 Å². The van der Waals surface area contributed by atoms with Gasteiger partial charge in [0.05, 0.1) is 13.2 Å². The molecular formula is C18H23N5O2S. The maximum Gasteiger partial charge on any atom is 0.251 e. The number of benzene rings is 1. The molecule has 0 bridgehead atoms. The molecule has 0 atom stereocenters. The molecule has 1 aliphatic heterocycles. The normalized spacial score (nSPS) is 14.1. The van der Waals surface area contributed by atoms with Gasteiger partial charge in [0.25, 0.3) is 5.91 Å². The van der Waals surface area contributed by atoms with E-state index in [1.807, 2.05) is 36.6 Å². The lowest BCUT2D eigenvalue weighted by Gasteiger charge is -2.27. The summed E-state index contributed by atoms with van der Waals surface area (Å²) in [6.07, 6.45) is 3.57. The third-order valence-corrected chi connectivity index (χ3v) is 4.80. The SMILES string of the molecule is CSc1ccc(C(=O)NCCNc2cc(N3CCOCC3)ncn2)cc1. The lowest BCUT2D eigenvalue weighted by atomic mass is 10.2. The van der Waals surface area contributed by atoms with Crippen LogP contribution in [0.15, 0.2) is 41.6 Å². The van der Waals surface area contributed by atoms with E-state index in [2.05, 4.69) is 25.5 Å². The molecule has 3 rings (SSSR count). The van der Waals surface area contributed by atoms with Crippen LogP contribution in [-0.2, 0) is 4.74 Å². The van der Waals surface area contributed by atoms with Crippen molar-refractivity contribution in [1.29, 1.82) is 0 Å². The van der Waals surface area contributed by atoms with Gasteiger partial charge >= 0.3 is 0 Å². The second-order valence-corrected chi connectivity index (χ2v) is 6.65. The van der Waals surface area contributed by atoms with E-state index in [1.165, 1.54) is 0 Å². The highest BCUT2D eigenvalue weighted by molar-refractivity contribution is 7.98. The number of anilines is 2. The summed E-state index contributed by atoms with van der Waals surface area (Å²) in [5, 5.41) is 6.13. The fourth-order valence-electron chi connectivity index (χ4n) is 2.62. The number of nitrogens with zero attached hydrogens (tertiary/aromatic N) is 3. The Kier molecular flexibility index (Phi) is 6.68. The van der Waals surface area contributed by atoms with E-state index in [4.69, 9.17) is 4.74 Å². The Morgan fingerprint density at radius 2 is 1.96 bits per heavy atom. The number of carbonyl (C=O) groups is 1. The van der Waals surface area contributed by atoms with E-state index in [1.54, 1.807) is 18.1 Å². The van der Waals surface area contributed by atoms with Crippen LogP contribution < -0.4 is 15.5 Å². The largest absolute Gasteiger partial charge is 0.378 e. The Bertz CT molecular complexity index is 720. The number of thioether (sulfide) groups is 1. The number of aromatic nitrogens is 2. The third kappa shape index (κ3) is 5.09. The minimum atomic E-state index is -0.0730. The number of morpholine rings is 1. The Morgan fingerprint density at radius 1 is 1.19 bits per heavy atom. The average Bonchev–Trinajstić information content (AvgIpc) is 2.72. The highest BCUT2D eigenvalue weighted by Gasteiger charge is 2.13. The number of hydrogen-bond donors (Lipinski definition) is 2. The lowest BCUT2D eigenvalue weighted by Crippen LogP contribution is -2.36. The predicted molar refractivity (Wildman–Crippen MR) is 104 cm³/mol. The molecule has 0 spiro atoms. The highest BCUT2D eigenvalue weighted by Crippen LogP contribution is 2.16. The molecule has 1 fully saturated rings. The summed E-state index contributed by atoms with van der Waals surface area (Å²) in [6.45, 7) is 4.21. The van der Waals surface area contributed by atoms with E-state index >= 15 is 0 Å². The molecule has 8 heteroatoms. The van der Waals surface area contributed by atoms with E-state index < -0.39 is 0 Å². The van der Waals surface area contributed by atoms with Crippen LogP contribution in [0, 0.1) is 0 Å². The second kappa shape index (κ2) is 9.40. The van der Waals surface area contributed by atoms with Gasteiger partial charge < -0.3 is 20.3 Å². The Morgan fingerprint density at radius 3 is 2.69 bits per heavy atom. The summed E-state index contributed by atoms with van der Waals surface area (Å²) in [6, 6.07) is 9.51. The highest BCUT2D eigenvalue weighted by atomic mass is 32.2. The van der Waals surface area contributed by atoms with Crippen LogP contribution in [-0.4, -0.2) is 61.5 Å². The number of carbonyl (C=O) groups excluding carboxylic acids is 1. The van der Waals surface area contributed by atoms with Gasteiger partial charge in [-0.3, -0.25) is 4.79 Å². The van der Waals surface area contributed by atoms with Crippen LogP contribution in [0.3, 0.4) is 0 Å². The number of hydrogen-bond acceptors (Lipinski definition) is 7. The number of amides is 1. The summed E-state index contributed by atoms with van der Waals surface area (Å²) in [5.74, 6) is 1.57. The summed E-state index contributed by atoms with van der Waals surface area (Å²) < 4.78 is 5.36. The van der Waals surface area contributed by atoms with Crippen molar-refractivity contribution in [2.75, 3.05) is 55.9 Å². The molecule has 1 amide bonds. The molecule has 0 aliphatic carbocycles. The molecule has 26 heavy (non-hydrogen) atoms. The van der Waals surface area contributed by atoms with Crippen molar-refractivity contribution in [2.45, 2.75) is 4.90 Å². The average molecular weight is 373 g/mol. The minimum absolute atomic E-state index is 0.0730. The molecule has 2 N–H and O–H groups in total. The lowest BCUT2D eigenvalue weighted by molar-refractivity contribution is 0.0955. The van der Waals surface area contributed by atoms with Crippen LogP contribution in [0.5, 0.6) is 0 Å². The first-order valence-corrected chi connectivity index (χ1v) is 9.79. The topological polar surface area (TPSA) is 79.4 Å². The van der Waals surface area contributed by atoms with Gasteiger partial charge in [0.15, 0.2) is 0 Å². The fourth-order valence-corrected chi connectivity index (χ4v) is 3.03. The van der Waals surface area contributed by atoms with Crippen molar-refractivity contribution in [2.24, 2.45) is 0 Å². The smallest absolute Gasteiger partial charge is 0.251 e. The summed E-state index contributed by atoms with van der Waals surface area (Å²) >= 11 is 1.66. The van der Waals surface area contributed by atoms with Gasteiger partial charge in [-0.1, -0.05) is 0 Å². The zero-order valence-electron chi connectivity index (χ0n) is 14.8. The van der Waals surface area contributed by atoms with Crippen molar-refractivity contribution in [1.82, 2.24) is 15.3 Å². The molecule has 1 saturated heterocycles. The molecule has 1 aliphatic rings. The molecule has 0 radical (unpaired) electrons. The Hall–Kier alpha value is -2.32. The van der Waals surface area contributed by atoms with Crippen molar-refractivity contribution in [3.05, 3.63) is 42.2 Å². The zero-order chi connectivity index (χ0) is 18.2. The second-order valence-electron chi connectivity index (χ2n) is 5.77. The molecule has 0 saturated carbocycles. The molecule has 0 unspecified atom stereocenters. The van der Waals surface area contributed by atoms with Gasteiger partial charge in [0, 0.05) is 42.7 Å².